The van der Waals surface area contributed by atoms with Gasteiger partial charge in [0.05, 0.1) is 20.3 Å². The van der Waals surface area contributed by atoms with Crippen molar-refractivity contribution < 1.29 is 32.6 Å². The van der Waals surface area contributed by atoms with Gasteiger partial charge >= 0.3 is 6.61 Å². The molecule has 0 radical (unpaired) electrons. The van der Waals surface area contributed by atoms with Gasteiger partial charge in [-0.1, -0.05) is 25.5 Å². The lowest BCUT2D eigenvalue weighted by Crippen LogP contribution is -2.37. The third kappa shape index (κ3) is 8.41. The zero-order valence-corrected chi connectivity index (χ0v) is 18.2. The average molecular weight is 450 g/mol. The van der Waals surface area contributed by atoms with Crippen LogP contribution in [0.2, 0.25) is 0 Å². The largest absolute Gasteiger partial charge is 0.494 e. The Morgan fingerprint density at radius 2 is 1.78 bits per heavy atom. The van der Waals surface area contributed by atoms with Crippen LogP contribution in [0.25, 0.3) is 0 Å². The molecule has 2 amide bonds. The average Bonchev–Trinajstić information content (AvgIpc) is 2.78. The van der Waals surface area contributed by atoms with Crippen molar-refractivity contribution in [1.82, 2.24) is 10.6 Å². The number of ether oxygens (including phenoxy) is 3. The highest BCUT2D eigenvalue weighted by Gasteiger charge is 2.14. The lowest BCUT2D eigenvalue weighted by molar-refractivity contribution is -0.120. The summed E-state index contributed by atoms with van der Waals surface area (Å²) in [6.45, 7) is -0.0180. The molecule has 0 fully saturated rings. The summed E-state index contributed by atoms with van der Waals surface area (Å²) in [4.78, 5) is 24.2. The Morgan fingerprint density at radius 1 is 1.03 bits per heavy atom. The van der Waals surface area contributed by atoms with Crippen LogP contribution in [0.15, 0.2) is 42.5 Å². The van der Waals surface area contributed by atoms with Gasteiger partial charge in [0.1, 0.15) is 5.75 Å². The molecule has 2 aromatic carbocycles. The Hall–Kier alpha value is -3.36. The third-order valence-corrected chi connectivity index (χ3v) is 4.48. The maximum absolute atomic E-state index is 12.4. The van der Waals surface area contributed by atoms with Crippen LogP contribution in [0.3, 0.4) is 0 Å². The van der Waals surface area contributed by atoms with E-state index < -0.39 is 12.5 Å². The summed E-state index contributed by atoms with van der Waals surface area (Å²) in [5.74, 6) is -0.260. The molecule has 0 heterocycles. The number of amides is 2. The fourth-order valence-electron chi connectivity index (χ4n) is 2.76. The van der Waals surface area contributed by atoms with Crippen molar-refractivity contribution in [3.63, 3.8) is 0 Å². The van der Waals surface area contributed by atoms with Crippen LogP contribution in [0.5, 0.6) is 17.2 Å². The minimum absolute atomic E-state index is 0.0100. The van der Waals surface area contributed by atoms with Crippen molar-refractivity contribution in [2.24, 2.45) is 0 Å². The van der Waals surface area contributed by atoms with Crippen molar-refractivity contribution >= 4 is 11.8 Å². The van der Waals surface area contributed by atoms with Gasteiger partial charge in [-0.2, -0.15) is 8.78 Å². The maximum atomic E-state index is 12.4. The molecule has 0 bridgehead atoms. The van der Waals surface area contributed by atoms with Gasteiger partial charge < -0.3 is 24.8 Å². The standard InChI is InChI=1S/C23H28F2N2O5/c1-3-4-13-31-18-8-5-16(6-9-18)11-12-26-21(28)15-27-22(29)17-7-10-19(32-23(24)25)20(14-17)30-2/h5-10,14,23H,3-4,11-13,15H2,1-2H3,(H,26,28)(H,27,29). The predicted molar refractivity (Wildman–Crippen MR) is 116 cm³/mol. The minimum atomic E-state index is -3.01. The minimum Gasteiger partial charge on any atom is -0.494 e. The number of methoxy groups -OCH3 is 1. The topological polar surface area (TPSA) is 85.9 Å². The molecule has 7 nitrogen and oxygen atoms in total. The monoisotopic (exact) mass is 450 g/mol. The smallest absolute Gasteiger partial charge is 0.387 e. The van der Waals surface area contributed by atoms with Gasteiger partial charge in [0.2, 0.25) is 5.91 Å². The first-order valence-corrected chi connectivity index (χ1v) is 10.3. The zero-order valence-electron chi connectivity index (χ0n) is 18.2. The van der Waals surface area contributed by atoms with E-state index in [1.54, 1.807) is 0 Å². The highest BCUT2D eigenvalue weighted by Crippen LogP contribution is 2.29. The number of nitrogens with one attached hydrogen (secondary N) is 2. The number of hydrogen-bond donors (Lipinski definition) is 2. The summed E-state index contributed by atoms with van der Waals surface area (Å²) in [6, 6.07) is 11.5. The van der Waals surface area contributed by atoms with E-state index in [2.05, 4.69) is 22.3 Å². The predicted octanol–water partition coefficient (Wildman–Crippen LogP) is 3.56. The van der Waals surface area contributed by atoms with Gasteiger partial charge in [0, 0.05) is 12.1 Å². The van der Waals surface area contributed by atoms with E-state index in [1.807, 2.05) is 24.3 Å². The molecule has 2 rings (SSSR count). The highest BCUT2D eigenvalue weighted by atomic mass is 19.3. The molecule has 174 valence electrons. The summed E-state index contributed by atoms with van der Waals surface area (Å²) in [5.41, 5.74) is 1.20. The third-order valence-electron chi connectivity index (χ3n) is 4.48. The van der Waals surface area contributed by atoms with E-state index in [0.717, 1.165) is 24.2 Å². The molecule has 9 heteroatoms. The SMILES string of the molecule is CCCCOc1ccc(CCNC(=O)CNC(=O)c2ccc(OC(F)F)c(OC)c2)cc1. The van der Waals surface area contributed by atoms with Crippen molar-refractivity contribution in [3.05, 3.63) is 53.6 Å². The van der Waals surface area contributed by atoms with Crippen LogP contribution in [0, 0.1) is 0 Å². The molecule has 0 atom stereocenters. The van der Waals surface area contributed by atoms with Gasteiger partial charge in [-0.05, 0) is 48.7 Å². The van der Waals surface area contributed by atoms with Crippen LogP contribution in [-0.2, 0) is 11.2 Å². The van der Waals surface area contributed by atoms with Crippen LogP contribution >= 0.6 is 0 Å². The number of alkyl halides is 2. The van der Waals surface area contributed by atoms with Gasteiger partial charge in [-0.3, -0.25) is 9.59 Å². The number of unbranched alkanes of at least 4 members (excludes halogenated alkanes) is 1. The molecule has 0 saturated carbocycles. The normalized spacial score (nSPS) is 10.5. The van der Waals surface area contributed by atoms with E-state index in [1.165, 1.54) is 25.3 Å². The molecule has 2 aromatic rings. The molecule has 0 saturated heterocycles. The van der Waals surface area contributed by atoms with Gasteiger partial charge in [-0.25, -0.2) is 0 Å². The molecule has 0 unspecified atom stereocenters. The lowest BCUT2D eigenvalue weighted by Gasteiger charge is -2.12. The molecule has 32 heavy (non-hydrogen) atoms. The zero-order chi connectivity index (χ0) is 23.3. The Labute approximate surface area is 186 Å². The number of rotatable bonds is 13. The summed E-state index contributed by atoms with van der Waals surface area (Å²) < 4.78 is 39.7. The molecule has 0 aromatic heterocycles. The van der Waals surface area contributed by atoms with E-state index in [0.29, 0.717) is 19.6 Å². The number of halogens is 2. The second kappa shape index (κ2) is 13.1. The molecule has 0 aliphatic heterocycles. The first-order chi connectivity index (χ1) is 15.4. The van der Waals surface area contributed by atoms with Gasteiger partial charge in [-0.15, -0.1) is 0 Å². The van der Waals surface area contributed by atoms with Crippen molar-refractivity contribution in [1.29, 1.82) is 0 Å². The van der Waals surface area contributed by atoms with E-state index >= 15 is 0 Å². The fraction of sp³-hybridized carbons (Fsp3) is 0.391. The summed E-state index contributed by atoms with van der Waals surface area (Å²) in [6.07, 6.45) is 2.73. The fourth-order valence-corrected chi connectivity index (χ4v) is 2.76. The second-order valence-corrected chi connectivity index (χ2v) is 6.87. The summed E-state index contributed by atoms with van der Waals surface area (Å²) in [7, 11) is 1.27. The van der Waals surface area contributed by atoms with E-state index in [9.17, 15) is 18.4 Å². The maximum Gasteiger partial charge on any atom is 0.387 e. The van der Waals surface area contributed by atoms with Crippen molar-refractivity contribution in [2.45, 2.75) is 32.8 Å². The lowest BCUT2D eigenvalue weighted by atomic mass is 10.1. The second-order valence-electron chi connectivity index (χ2n) is 6.87. The molecular formula is C23H28F2N2O5. The number of carbonyl (C=O) groups is 2. The highest BCUT2D eigenvalue weighted by molar-refractivity contribution is 5.97. The summed E-state index contributed by atoms with van der Waals surface area (Å²) >= 11 is 0. The van der Waals surface area contributed by atoms with E-state index in [4.69, 9.17) is 9.47 Å². The molecule has 0 spiro atoms. The number of hydrogen-bond acceptors (Lipinski definition) is 5. The van der Waals surface area contributed by atoms with Gasteiger partial charge in [0.25, 0.3) is 5.91 Å². The first-order valence-electron chi connectivity index (χ1n) is 10.3. The van der Waals surface area contributed by atoms with Crippen molar-refractivity contribution in [3.8, 4) is 17.2 Å². The Bertz CT molecular complexity index is 875. The summed E-state index contributed by atoms with van der Waals surface area (Å²) in [5, 5.41) is 5.21. The van der Waals surface area contributed by atoms with E-state index in [-0.39, 0.29) is 29.5 Å². The first kappa shape index (κ1) is 24.9. The van der Waals surface area contributed by atoms with Crippen LogP contribution in [-0.4, -0.2) is 45.2 Å². The Kier molecular flexibility index (Phi) is 10.2. The quantitative estimate of drug-likeness (QED) is 0.456. The number of carbonyl (C=O) groups excluding carboxylic acids is 2. The molecule has 0 aliphatic rings. The molecule has 0 aliphatic carbocycles. The van der Waals surface area contributed by atoms with Crippen LogP contribution in [0.4, 0.5) is 8.78 Å². The Morgan fingerprint density at radius 3 is 2.44 bits per heavy atom. The van der Waals surface area contributed by atoms with Gasteiger partial charge in [0.15, 0.2) is 11.5 Å². The molecule has 2 N–H and O–H groups in total. The molecular weight excluding hydrogens is 422 g/mol. The van der Waals surface area contributed by atoms with Crippen molar-refractivity contribution in [2.75, 3.05) is 26.8 Å². The Balaban J connectivity index is 1.74. The number of benzene rings is 2. The van der Waals surface area contributed by atoms with Crippen LogP contribution in [0.1, 0.15) is 35.7 Å². The van der Waals surface area contributed by atoms with Crippen LogP contribution < -0.4 is 24.8 Å².